The average molecular weight is 230 g/mol. The summed E-state index contributed by atoms with van der Waals surface area (Å²) < 4.78 is 0. The summed E-state index contributed by atoms with van der Waals surface area (Å²) in [5, 5.41) is 9.21. The van der Waals surface area contributed by atoms with Crippen LogP contribution in [0.3, 0.4) is 0 Å². The number of amides is 2. The molecule has 1 saturated carbocycles. The first kappa shape index (κ1) is 12.8. The van der Waals surface area contributed by atoms with Crippen LogP contribution in [-0.2, 0) is 9.63 Å². The number of rotatable bonds is 3. The van der Waals surface area contributed by atoms with Crippen LogP contribution in [0.5, 0.6) is 0 Å². The Morgan fingerprint density at radius 1 is 1.38 bits per heavy atom. The van der Waals surface area contributed by atoms with E-state index in [4.69, 9.17) is 0 Å². The molecule has 0 aliphatic heterocycles. The quantitative estimate of drug-likeness (QED) is 0.708. The molecule has 1 aliphatic carbocycles. The fourth-order valence-corrected chi connectivity index (χ4v) is 1.97. The van der Waals surface area contributed by atoms with Gasteiger partial charge in [0.1, 0.15) is 5.54 Å². The van der Waals surface area contributed by atoms with Gasteiger partial charge in [-0.05, 0) is 33.6 Å². The average Bonchev–Trinajstić information content (AvgIpc) is 2.82. The van der Waals surface area contributed by atoms with E-state index < -0.39 is 23.1 Å². The molecule has 6 nitrogen and oxygen atoms in total. The van der Waals surface area contributed by atoms with Crippen molar-refractivity contribution in [3.8, 4) is 0 Å². The molecule has 0 aromatic rings. The van der Waals surface area contributed by atoms with Crippen LogP contribution < -0.4 is 5.48 Å². The van der Waals surface area contributed by atoms with Crippen molar-refractivity contribution in [1.29, 1.82) is 0 Å². The van der Waals surface area contributed by atoms with Crippen molar-refractivity contribution < 1.29 is 19.5 Å². The zero-order valence-corrected chi connectivity index (χ0v) is 10.0. The van der Waals surface area contributed by atoms with Gasteiger partial charge in [0.25, 0.3) is 5.91 Å². The van der Waals surface area contributed by atoms with Crippen LogP contribution in [0, 0.1) is 0 Å². The van der Waals surface area contributed by atoms with E-state index in [0.29, 0.717) is 12.8 Å². The van der Waals surface area contributed by atoms with Crippen LogP contribution in [0.2, 0.25) is 0 Å². The molecule has 2 N–H and O–H groups in total. The van der Waals surface area contributed by atoms with E-state index in [0.717, 1.165) is 0 Å². The standard InChI is InChI=1S/C10H18N2O4/c1-9(2,3)12(8(14)15)10(5-6-10)7(13)11-16-4/h5-6H2,1-4H3,(H,11,13)(H,14,15). The number of hydroxylamine groups is 1. The Balaban J connectivity index is 2.96. The predicted octanol–water partition coefficient (Wildman–Crippen LogP) is 0.975. The second kappa shape index (κ2) is 3.93. The molecule has 1 rings (SSSR count). The molecule has 0 heterocycles. The van der Waals surface area contributed by atoms with Crippen LogP contribution in [-0.4, -0.2) is 40.2 Å². The molecule has 92 valence electrons. The maximum Gasteiger partial charge on any atom is 0.408 e. The SMILES string of the molecule is CONC(=O)C1(N(C(=O)O)C(C)(C)C)CC1. The summed E-state index contributed by atoms with van der Waals surface area (Å²) >= 11 is 0. The summed E-state index contributed by atoms with van der Waals surface area (Å²) in [6, 6.07) is 0. The van der Waals surface area contributed by atoms with E-state index in [-0.39, 0.29) is 0 Å². The summed E-state index contributed by atoms with van der Waals surface area (Å²) in [6.07, 6.45) is -0.0198. The molecular formula is C10H18N2O4. The van der Waals surface area contributed by atoms with Crippen molar-refractivity contribution in [3.05, 3.63) is 0 Å². The lowest BCUT2D eigenvalue weighted by Gasteiger charge is -2.38. The Bertz CT molecular complexity index is 304. The van der Waals surface area contributed by atoms with Crippen LogP contribution >= 0.6 is 0 Å². The van der Waals surface area contributed by atoms with Gasteiger partial charge in [-0.25, -0.2) is 10.3 Å². The van der Waals surface area contributed by atoms with E-state index in [1.807, 2.05) is 0 Å². The Morgan fingerprint density at radius 2 is 1.88 bits per heavy atom. The molecule has 2 amide bonds. The fraction of sp³-hybridized carbons (Fsp3) is 0.800. The second-order valence-corrected chi connectivity index (χ2v) is 4.96. The summed E-state index contributed by atoms with van der Waals surface area (Å²) in [5.74, 6) is -0.396. The van der Waals surface area contributed by atoms with E-state index in [1.165, 1.54) is 12.0 Å². The molecule has 0 saturated heterocycles. The van der Waals surface area contributed by atoms with Gasteiger partial charge < -0.3 is 5.11 Å². The van der Waals surface area contributed by atoms with E-state index in [9.17, 15) is 14.7 Å². The summed E-state index contributed by atoms with van der Waals surface area (Å²) in [5.41, 5.74) is 0.636. The molecule has 1 aliphatic rings. The fourth-order valence-electron chi connectivity index (χ4n) is 1.97. The normalized spacial score (nSPS) is 17.8. The molecule has 1 fully saturated rings. The topological polar surface area (TPSA) is 78.9 Å². The van der Waals surface area contributed by atoms with Crippen LogP contribution in [0.1, 0.15) is 33.6 Å². The molecule has 0 unspecified atom stereocenters. The molecule has 0 aromatic heterocycles. The van der Waals surface area contributed by atoms with Gasteiger partial charge in [0, 0.05) is 5.54 Å². The van der Waals surface area contributed by atoms with Gasteiger partial charge >= 0.3 is 6.09 Å². The number of carboxylic acid groups (broad SMARTS) is 1. The van der Waals surface area contributed by atoms with Crippen LogP contribution in [0.15, 0.2) is 0 Å². The van der Waals surface area contributed by atoms with Gasteiger partial charge in [-0.2, -0.15) is 0 Å². The minimum absolute atomic E-state index is 0.396. The molecule has 0 spiro atoms. The highest BCUT2D eigenvalue weighted by Gasteiger charge is 2.59. The third-order valence-electron chi connectivity index (χ3n) is 2.63. The Morgan fingerprint density at radius 3 is 2.12 bits per heavy atom. The number of carbonyl (C=O) groups is 2. The van der Waals surface area contributed by atoms with Crippen molar-refractivity contribution >= 4 is 12.0 Å². The first-order valence-corrected chi connectivity index (χ1v) is 5.12. The zero-order valence-electron chi connectivity index (χ0n) is 10.0. The Labute approximate surface area is 94.5 Å². The molecular weight excluding hydrogens is 212 g/mol. The van der Waals surface area contributed by atoms with Gasteiger partial charge in [-0.15, -0.1) is 0 Å². The zero-order chi connectivity index (χ0) is 12.6. The predicted molar refractivity (Wildman–Crippen MR) is 56.7 cm³/mol. The number of hydrogen-bond donors (Lipinski definition) is 2. The molecule has 0 aromatic carbocycles. The number of nitrogens with one attached hydrogen (secondary N) is 1. The van der Waals surface area contributed by atoms with E-state index in [2.05, 4.69) is 10.3 Å². The highest BCUT2D eigenvalue weighted by Crippen LogP contribution is 2.45. The largest absolute Gasteiger partial charge is 0.465 e. The van der Waals surface area contributed by atoms with Crippen molar-refractivity contribution in [3.63, 3.8) is 0 Å². The van der Waals surface area contributed by atoms with Crippen molar-refractivity contribution in [2.45, 2.75) is 44.7 Å². The monoisotopic (exact) mass is 230 g/mol. The maximum absolute atomic E-state index is 11.8. The van der Waals surface area contributed by atoms with Crippen LogP contribution in [0.25, 0.3) is 0 Å². The summed E-state index contributed by atoms with van der Waals surface area (Å²) in [7, 11) is 1.33. The highest BCUT2D eigenvalue weighted by atomic mass is 16.6. The third kappa shape index (κ3) is 2.11. The lowest BCUT2D eigenvalue weighted by atomic mass is 10.0. The van der Waals surface area contributed by atoms with Crippen molar-refractivity contribution in [1.82, 2.24) is 10.4 Å². The summed E-state index contributed by atoms with van der Waals surface area (Å²) in [4.78, 5) is 28.8. The summed E-state index contributed by atoms with van der Waals surface area (Å²) in [6.45, 7) is 5.30. The number of nitrogens with zero attached hydrogens (tertiary/aromatic N) is 1. The Hall–Kier alpha value is -1.30. The molecule has 16 heavy (non-hydrogen) atoms. The second-order valence-electron chi connectivity index (χ2n) is 4.96. The lowest BCUT2D eigenvalue weighted by molar-refractivity contribution is -0.140. The van der Waals surface area contributed by atoms with E-state index >= 15 is 0 Å². The molecule has 0 bridgehead atoms. The van der Waals surface area contributed by atoms with Gasteiger partial charge in [0.2, 0.25) is 0 Å². The van der Waals surface area contributed by atoms with Gasteiger partial charge in [-0.3, -0.25) is 14.5 Å². The number of hydrogen-bond acceptors (Lipinski definition) is 3. The van der Waals surface area contributed by atoms with Crippen molar-refractivity contribution in [2.24, 2.45) is 0 Å². The first-order valence-electron chi connectivity index (χ1n) is 5.12. The minimum Gasteiger partial charge on any atom is -0.465 e. The lowest BCUT2D eigenvalue weighted by Crippen LogP contribution is -2.58. The Kier molecular flexibility index (Phi) is 3.14. The molecule has 6 heteroatoms. The maximum atomic E-state index is 11.8. The number of carbonyl (C=O) groups excluding carboxylic acids is 1. The molecule has 0 atom stereocenters. The molecule has 0 radical (unpaired) electrons. The third-order valence-corrected chi connectivity index (χ3v) is 2.63. The van der Waals surface area contributed by atoms with Gasteiger partial charge in [0.05, 0.1) is 7.11 Å². The smallest absolute Gasteiger partial charge is 0.408 e. The minimum atomic E-state index is -1.09. The van der Waals surface area contributed by atoms with Gasteiger partial charge in [0.15, 0.2) is 0 Å². The van der Waals surface area contributed by atoms with E-state index in [1.54, 1.807) is 20.8 Å². The first-order chi connectivity index (χ1) is 7.25. The highest BCUT2D eigenvalue weighted by molar-refractivity contribution is 5.92. The van der Waals surface area contributed by atoms with Crippen LogP contribution in [0.4, 0.5) is 4.79 Å². The van der Waals surface area contributed by atoms with Gasteiger partial charge in [-0.1, -0.05) is 0 Å². The van der Waals surface area contributed by atoms with Crippen molar-refractivity contribution in [2.75, 3.05) is 7.11 Å².